The van der Waals surface area contributed by atoms with Crippen LogP contribution in [0.3, 0.4) is 0 Å². The van der Waals surface area contributed by atoms with Crippen LogP contribution in [0.1, 0.15) is 33.3 Å². The fourth-order valence-corrected chi connectivity index (χ4v) is 3.92. The number of fused-ring (bicyclic) bond motifs is 1. The van der Waals surface area contributed by atoms with Crippen molar-refractivity contribution >= 4 is 17.0 Å². The van der Waals surface area contributed by atoms with Crippen molar-refractivity contribution in [1.82, 2.24) is 25.2 Å². The van der Waals surface area contributed by atoms with Gasteiger partial charge in [0.2, 0.25) is 0 Å². The van der Waals surface area contributed by atoms with Gasteiger partial charge < -0.3 is 14.3 Å². The molecule has 0 aliphatic heterocycles. The summed E-state index contributed by atoms with van der Waals surface area (Å²) < 4.78 is 12.8. The number of benzene rings is 1. The van der Waals surface area contributed by atoms with Crippen LogP contribution in [-0.4, -0.2) is 32.4 Å². The van der Waals surface area contributed by atoms with Crippen molar-refractivity contribution in [2.75, 3.05) is 6.54 Å². The highest BCUT2D eigenvalue weighted by Gasteiger charge is 2.21. The molecular formula is C25H23N5O3. The number of para-hydroxylation sites is 1. The lowest BCUT2D eigenvalue weighted by Gasteiger charge is -2.07. The summed E-state index contributed by atoms with van der Waals surface area (Å²) in [6.07, 6.45) is 2.52. The summed E-state index contributed by atoms with van der Waals surface area (Å²) in [5.74, 6) is 1.30. The third-order valence-electron chi connectivity index (χ3n) is 5.51. The molecule has 0 unspecified atom stereocenters. The lowest BCUT2D eigenvalue weighted by molar-refractivity contribution is 0.0955. The number of furan rings is 1. The van der Waals surface area contributed by atoms with E-state index in [2.05, 4.69) is 20.6 Å². The molecule has 0 aliphatic carbocycles. The molecule has 0 fully saturated rings. The summed E-state index contributed by atoms with van der Waals surface area (Å²) in [6.45, 7) is 5.99. The van der Waals surface area contributed by atoms with Crippen molar-refractivity contribution in [3.63, 3.8) is 0 Å². The van der Waals surface area contributed by atoms with Crippen LogP contribution in [0.25, 0.3) is 28.0 Å². The predicted molar refractivity (Wildman–Crippen MR) is 123 cm³/mol. The number of hydrogen-bond donors (Lipinski definition) is 1. The Kier molecular flexibility index (Phi) is 5.26. The van der Waals surface area contributed by atoms with Crippen LogP contribution in [0, 0.1) is 20.8 Å². The second kappa shape index (κ2) is 8.38. The summed E-state index contributed by atoms with van der Waals surface area (Å²) >= 11 is 0. The maximum Gasteiger partial charge on any atom is 0.259 e. The fourth-order valence-electron chi connectivity index (χ4n) is 3.92. The van der Waals surface area contributed by atoms with E-state index in [9.17, 15) is 4.79 Å². The molecule has 5 aromatic rings. The number of amides is 1. The zero-order chi connectivity index (χ0) is 22.9. The standard InChI is InChI=1S/C25H23N5O3/c1-15-13-20(17(3)32-15)22-14-21(23-16(2)29-33-25(23)27-22)24(31)26-11-9-18-10-12-30(28-18)19-7-5-4-6-8-19/h4-8,10,12-14H,9,11H2,1-3H3,(H,26,31). The van der Waals surface area contributed by atoms with Gasteiger partial charge >= 0.3 is 0 Å². The molecule has 0 saturated carbocycles. The number of nitrogens with one attached hydrogen (secondary N) is 1. The van der Waals surface area contributed by atoms with Crippen molar-refractivity contribution in [3.05, 3.63) is 83.2 Å². The van der Waals surface area contributed by atoms with Gasteiger partial charge in [-0.2, -0.15) is 5.10 Å². The van der Waals surface area contributed by atoms with Gasteiger partial charge in [-0.25, -0.2) is 9.67 Å². The third-order valence-corrected chi connectivity index (χ3v) is 5.51. The van der Waals surface area contributed by atoms with Gasteiger partial charge in [0.25, 0.3) is 11.6 Å². The second-order valence-electron chi connectivity index (χ2n) is 7.92. The van der Waals surface area contributed by atoms with E-state index in [0.717, 1.165) is 28.5 Å². The van der Waals surface area contributed by atoms with E-state index in [1.807, 2.05) is 67.2 Å². The molecule has 1 N–H and O–H groups in total. The molecule has 8 heteroatoms. The Morgan fingerprint density at radius 2 is 1.91 bits per heavy atom. The predicted octanol–water partition coefficient (Wildman–Crippen LogP) is 4.57. The number of aryl methyl sites for hydroxylation is 3. The molecule has 0 aliphatic rings. The Balaban J connectivity index is 1.36. The second-order valence-corrected chi connectivity index (χ2v) is 7.92. The normalized spacial score (nSPS) is 11.2. The minimum absolute atomic E-state index is 0.213. The summed E-state index contributed by atoms with van der Waals surface area (Å²) in [5.41, 5.74) is 4.74. The smallest absolute Gasteiger partial charge is 0.259 e. The van der Waals surface area contributed by atoms with Crippen LogP contribution < -0.4 is 5.32 Å². The van der Waals surface area contributed by atoms with Gasteiger partial charge in [-0.05, 0) is 51.1 Å². The minimum atomic E-state index is -0.213. The first kappa shape index (κ1) is 20.7. The van der Waals surface area contributed by atoms with Crippen LogP contribution >= 0.6 is 0 Å². The SMILES string of the molecule is Cc1cc(-c2cc(C(=O)NCCc3ccn(-c4ccccc4)n3)c3c(C)noc3n2)c(C)o1. The first-order valence-electron chi connectivity index (χ1n) is 10.7. The molecule has 8 nitrogen and oxygen atoms in total. The number of nitrogens with zero attached hydrogens (tertiary/aromatic N) is 4. The number of hydrogen-bond acceptors (Lipinski definition) is 6. The van der Waals surface area contributed by atoms with E-state index < -0.39 is 0 Å². The molecule has 0 bridgehead atoms. The van der Waals surface area contributed by atoms with E-state index in [4.69, 9.17) is 8.94 Å². The quantitative estimate of drug-likeness (QED) is 0.415. The summed E-state index contributed by atoms with van der Waals surface area (Å²) in [6, 6.07) is 15.5. The highest BCUT2D eigenvalue weighted by Crippen LogP contribution is 2.30. The average Bonchev–Trinajstić information content (AvgIpc) is 3.52. The van der Waals surface area contributed by atoms with Crippen LogP contribution in [0.5, 0.6) is 0 Å². The van der Waals surface area contributed by atoms with Gasteiger partial charge in [0.1, 0.15) is 11.5 Å². The molecule has 33 heavy (non-hydrogen) atoms. The van der Waals surface area contributed by atoms with Gasteiger partial charge in [-0.15, -0.1) is 0 Å². The molecule has 1 amide bonds. The Hall–Kier alpha value is -4.20. The molecule has 0 saturated heterocycles. The minimum Gasteiger partial charge on any atom is -0.466 e. The molecule has 1 aromatic carbocycles. The van der Waals surface area contributed by atoms with Gasteiger partial charge in [-0.3, -0.25) is 4.79 Å². The molecule has 166 valence electrons. The Morgan fingerprint density at radius 3 is 2.67 bits per heavy atom. The van der Waals surface area contributed by atoms with E-state index in [1.165, 1.54) is 0 Å². The highest BCUT2D eigenvalue weighted by molar-refractivity contribution is 6.07. The van der Waals surface area contributed by atoms with Crippen LogP contribution in [-0.2, 0) is 6.42 Å². The van der Waals surface area contributed by atoms with Crippen LogP contribution in [0.15, 0.2) is 63.7 Å². The first-order valence-corrected chi connectivity index (χ1v) is 10.7. The molecule has 4 heterocycles. The van der Waals surface area contributed by atoms with Gasteiger partial charge in [-0.1, -0.05) is 23.4 Å². The lowest BCUT2D eigenvalue weighted by Crippen LogP contribution is -2.26. The van der Waals surface area contributed by atoms with Crippen molar-refractivity contribution in [3.8, 4) is 16.9 Å². The number of carbonyl (C=O) groups is 1. The Bertz CT molecular complexity index is 1450. The van der Waals surface area contributed by atoms with Crippen LogP contribution in [0.2, 0.25) is 0 Å². The summed E-state index contributed by atoms with van der Waals surface area (Å²) in [5, 5.41) is 12.2. The highest BCUT2D eigenvalue weighted by atomic mass is 16.5. The van der Waals surface area contributed by atoms with Crippen molar-refractivity contribution in [2.45, 2.75) is 27.2 Å². The molecule has 0 spiro atoms. The van der Waals surface area contributed by atoms with E-state index >= 15 is 0 Å². The van der Waals surface area contributed by atoms with E-state index in [-0.39, 0.29) is 5.91 Å². The zero-order valence-corrected chi connectivity index (χ0v) is 18.6. The average molecular weight is 441 g/mol. The molecule has 0 radical (unpaired) electrons. The molecule has 5 rings (SSSR count). The number of aromatic nitrogens is 4. The maximum absolute atomic E-state index is 13.1. The number of rotatable bonds is 6. The largest absolute Gasteiger partial charge is 0.466 e. The van der Waals surface area contributed by atoms with E-state index in [1.54, 1.807) is 13.0 Å². The summed E-state index contributed by atoms with van der Waals surface area (Å²) in [4.78, 5) is 17.7. The first-order chi connectivity index (χ1) is 16.0. The molecule has 0 atom stereocenters. The third kappa shape index (κ3) is 4.03. The van der Waals surface area contributed by atoms with E-state index in [0.29, 0.717) is 41.0 Å². The van der Waals surface area contributed by atoms with Crippen LogP contribution in [0.4, 0.5) is 0 Å². The summed E-state index contributed by atoms with van der Waals surface area (Å²) in [7, 11) is 0. The van der Waals surface area contributed by atoms with Gasteiger partial charge in [0.05, 0.1) is 33.7 Å². The fraction of sp³-hybridized carbons (Fsp3) is 0.200. The lowest BCUT2D eigenvalue weighted by atomic mass is 10.1. The van der Waals surface area contributed by atoms with Gasteiger partial charge in [0, 0.05) is 24.7 Å². The number of pyridine rings is 1. The maximum atomic E-state index is 13.1. The Labute approximate surface area is 190 Å². The molecular weight excluding hydrogens is 418 g/mol. The monoisotopic (exact) mass is 441 g/mol. The topological polar surface area (TPSA) is 99.0 Å². The van der Waals surface area contributed by atoms with Crippen molar-refractivity contribution < 1.29 is 13.7 Å². The zero-order valence-electron chi connectivity index (χ0n) is 18.6. The van der Waals surface area contributed by atoms with Crippen molar-refractivity contribution in [1.29, 1.82) is 0 Å². The molecule has 4 aromatic heterocycles. The Morgan fingerprint density at radius 1 is 1.09 bits per heavy atom. The van der Waals surface area contributed by atoms with Crippen molar-refractivity contribution in [2.24, 2.45) is 0 Å². The number of carbonyl (C=O) groups excluding carboxylic acids is 1. The van der Waals surface area contributed by atoms with Gasteiger partial charge in [0.15, 0.2) is 0 Å².